The number of hydrogen-bond acceptors (Lipinski definition) is 2. The van der Waals surface area contributed by atoms with Crippen LogP contribution in [0.5, 0.6) is 0 Å². The van der Waals surface area contributed by atoms with Crippen molar-refractivity contribution in [2.24, 2.45) is 0 Å². The highest BCUT2D eigenvalue weighted by Gasteiger charge is 2.04. The lowest BCUT2D eigenvalue weighted by Gasteiger charge is -2.10. The Kier molecular flexibility index (Phi) is 12.6. The predicted octanol–water partition coefficient (Wildman–Crippen LogP) is 6.89. The highest BCUT2D eigenvalue weighted by atomic mass is 32.2. The smallest absolute Gasteiger partial charge is 0.303 e. The van der Waals surface area contributed by atoms with Gasteiger partial charge in [-0.2, -0.15) is 0 Å². The fraction of sp³-hybridized carbons (Fsp3) is 0.682. The maximum Gasteiger partial charge on any atom is 0.303 e. The molecular weight excluding hydrogens is 328 g/mol. The molecule has 0 atom stereocenters. The highest BCUT2D eigenvalue weighted by Crippen LogP contribution is 2.25. The lowest BCUT2D eigenvalue weighted by Crippen LogP contribution is -1.95. The number of thioether (sulfide) groups is 1. The Morgan fingerprint density at radius 1 is 0.920 bits per heavy atom. The molecule has 1 N–H and O–H groups in total. The lowest BCUT2D eigenvalue weighted by atomic mass is 10.0. The first kappa shape index (κ1) is 22.1. The van der Waals surface area contributed by atoms with Crippen LogP contribution in [0, 0.1) is 0 Å². The van der Waals surface area contributed by atoms with Crippen molar-refractivity contribution in [2.75, 3.05) is 6.26 Å². The predicted molar refractivity (Wildman–Crippen MR) is 110 cm³/mol. The van der Waals surface area contributed by atoms with Gasteiger partial charge in [0.1, 0.15) is 0 Å². The molecule has 3 heteroatoms. The standard InChI is InChI=1S/C22H36O2S/c1-3-4-5-6-7-8-10-13-19-16-17-20(21(18-19)25-2)14-11-9-12-15-22(23)24/h16-18H,3-15H2,1-2H3,(H,23,24). The molecule has 0 saturated carbocycles. The van der Waals surface area contributed by atoms with E-state index in [-0.39, 0.29) is 0 Å². The summed E-state index contributed by atoms with van der Waals surface area (Å²) in [5.74, 6) is -0.681. The van der Waals surface area contributed by atoms with Crippen LogP contribution in [0.4, 0.5) is 0 Å². The largest absolute Gasteiger partial charge is 0.481 e. The molecular formula is C22H36O2S. The summed E-state index contributed by atoms with van der Waals surface area (Å²) in [4.78, 5) is 11.9. The molecule has 0 aliphatic carbocycles. The lowest BCUT2D eigenvalue weighted by molar-refractivity contribution is -0.137. The summed E-state index contributed by atoms with van der Waals surface area (Å²) in [5, 5.41) is 8.68. The van der Waals surface area contributed by atoms with Crippen molar-refractivity contribution in [3.63, 3.8) is 0 Å². The van der Waals surface area contributed by atoms with Gasteiger partial charge in [0, 0.05) is 11.3 Å². The van der Waals surface area contributed by atoms with E-state index in [2.05, 4.69) is 31.4 Å². The summed E-state index contributed by atoms with van der Waals surface area (Å²) >= 11 is 1.84. The van der Waals surface area contributed by atoms with Crippen LogP contribution in [-0.2, 0) is 17.6 Å². The van der Waals surface area contributed by atoms with E-state index in [1.807, 2.05) is 11.8 Å². The third kappa shape index (κ3) is 10.6. The van der Waals surface area contributed by atoms with E-state index < -0.39 is 5.97 Å². The van der Waals surface area contributed by atoms with E-state index >= 15 is 0 Å². The number of carboxylic acids is 1. The van der Waals surface area contributed by atoms with Gasteiger partial charge < -0.3 is 5.11 Å². The second-order valence-corrected chi connectivity index (χ2v) is 7.82. The van der Waals surface area contributed by atoms with Crippen molar-refractivity contribution in [3.8, 4) is 0 Å². The Labute approximate surface area is 158 Å². The molecule has 25 heavy (non-hydrogen) atoms. The normalized spacial score (nSPS) is 11.0. The third-order valence-electron chi connectivity index (χ3n) is 4.76. The van der Waals surface area contributed by atoms with Crippen molar-refractivity contribution in [3.05, 3.63) is 29.3 Å². The van der Waals surface area contributed by atoms with Crippen LogP contribution in [0.15, 0.2) is 23.1 Å². The van der Waals surface area contributed by atoms with Crippen molar-refractivity contribution in [2.45, 2.75) is 95.3 Å². The number of hydrogen-bond donors (Lipinski definition) is 1. The van der Waals surface area contributed by atoms with Crippen LogP contribution in [0.3, 0.4) is 0 Å². The first-order chi connectivity index (χ1) is 12.2. The summed E-state index contributed by atoms with van der Waals surface area (Å²) in [6.45, 7) is 2.27. The van der Waals surface area contributed by atoms with Crippen LogP contribution < -0.4 is 0 Å². The molecule has 0 amide bonds. The SMILES string of the molecule is CCCCCCCCCc1ccc(CCCCCC(=O)O)c(SC)c1. The topological polar surface area (TPSA) is 37.3 Å². The fourth-order valence-electron chi connectivity index (χ4n) is 3.21. The molecule has 0 radical (unpaired) electrons. The number of carboxylic acid groups (broad SMARTS) is 1. The zero-order valence-corrected chi connectivity index (χ0v) is 17.0. The number of rotatable bonds is 15. The number of aliphatic carboxylic acids is 1. The Morgan fingerprint density at radius 2 is 1.56 bits per heavy atom. The fourth-order valence-corrected chi connectivity index (χ4v) is 3.91. The van der Waals surface area contributed by atoms with Gasteiger partial charge in [-0.3, -0.25) is 4.79 Å². The molecule has 0 fully saturated rings. The molecule has 0 aromatic heterocycles. The van der Waals surface area contributed by atoms with Crippen LogP contribution >= 0.6 is 11.8 Å². The van der Waals surface area contributed by atoms with E-state index in [4.69, 9.17) is 5.11 Å². The second kappa shape index (κ2) is 14.2. The summed E-state index contributed by atoms with van der Waals surface area (Å²) in [6.07, 6.45) is 17.1. The maximum atomic E-state index is 10.5. The van der Waals surface area contributed by atoms with Gasteiger partial charge in [-0.25, -0.2) is 0 Å². The molecule has 1 aromatic rings. The van der Waals surface area contributed by atoms with Gasteiger partial charge in [-0.15, -0.1) is 11.8 Å². The zero-order chi connectivity index (χ0) is 18.3. The number of carbonyl (C=O) groups is 1. The molecule has 0 bridgehead atoms. The molecule has 2 nitrogen and oxygen atoms in total. The minimum Gasteiger partial charge on any atom is -0.481 e. The molecule has 0 aliphatic rings. The molecule has 142 valence electrons. The Balaban J connectivity index is 2.30. The highest BCUT2D eigenvalue weighted by molar-refractivity contribution is 7.98. The molecule has 1 aromatic carbocycles. The van der Waals surface area contributed by atoms with Gasteiger partial charge >= 0.3 is 5.97 Å². The van der Waals surface area contributed by atoms with Crippen molar-refractivity contribution in [1.82, 2.24) is 0 Å². The summed E-state index contributed by atoms with van der Waals surface area (Å²) in [7, 11) is 0. The van der Waals surface area contributed by atoms with Crippen molar-refractivity contribution < 1.29 is 9.90 Å². The average molecular weight is 365 g/mol. The van der Waals surface area contributed by atoms with Gasteiger partial charge in [-0.1, -0.05) is 64.0 Å². The Hall–Kier alpha value is -0.960. The monoisotopic (exact) mass is 364 g/mol. The van der Waals surface area contributed by atoms with E-state index in [9.17, 15) is 4.79 Å². The number of benzene rings is 1. The van der Waals surface area contributed by atoms with Gasteiger partial charge in [-0.05, 0) is 55.6 Å². The van der Waals surface area contributed by atoms with E-state index in [0.717, 1.165) is 25.7 Å². The summed E-state index contributed by atoms with van der Waals surface area (Å²) in [5.41, 5.74) is 2.89. The van der Waals surface area contributed by atoms with Crippen LogP contribution in [-0.4, -0.2) is 17.3 Å². The first-order valence-corrected chi connectivity index (χ1v) is 11.3. The molecule has 0 saturated heterocycles. The minimum absolute atomic E-state index is 0.298. The minimum atomic E-state index is -0.681. The number of aryl methyl sites for hydroxylation is 2. The van der Waals surface area contributed by atoms with Gasteiger partial charge in [0.2, 0.25) is 0 Å². The van der Waals surface area contributed by atoms with Crippen LogP contribution in [0.1, 0.15) is 88.7 Å². The Morgan fingerprint density at radius 3 is 2.24 bits per heavy atom. The van der Waals surface area contributed by atoms with Crippen molar-refractivity contribution >= 4 is 17.7 Å². The quantitative estimate of drug-likeness (QED) is 0.272. The summed E-state index contributed by atoms with van der Waals surface area (Å²) in [6, 6.07) is 6.96. The zero-order valence-electron chi connectivity index (χ0n) is 16.2. The molecule has 0 spiro atoms. The third-order valence-corrected chi connectivity index (χ3v) is 5.58. The second-order valence-electron chi connectivity index (χ2n) is 6.97. The number of unbranched alkanes of at least 4 members (excludes halogenated alkanes) is 8. The van der Waals surface area contributed by atoms with Gasteiger partial charge in [0.05, 0.1) is 0 Å². The molecule has 0 unspecified atom stereocenters. The van der Waals surface area contributed by atoms with Gasteiger partial charge in [0.25, 0.3) is 0 Å². The maximum absolute atomic E-state index is 10.5. The van der Waals surface area contributed by atoms with Crippen molar-refractivity contribution in [1.29, 1.82) is 0 Å². The van der Waals surface area contributed by atoms with E-state index in [0.29, 0.717) is 6.42 Å². The van der Waals surface area contributed by atoms with Gasteiger partial charge in [0.15, 0.2) is 0 Å². The first-order valence-electron chi connectivity index (χ1n) is 10.0. The molecule has 0 aliphatic heterocycles. The van der Waals surface area contributed by atoms with E-state index in [1.54, 1.807) is 0 Å². The summed E-state index contributed by atoms with van der Waals surface area (Å²) < 4.78 is 0. The van der Waals surface area contributed by atoms with E-state index in [1.165, 1.54) is 67.4 Å². The molecule has 0 heterocycles. The molecule has 1 rings (SSSR count). The van der Waals surface area contributed by atoms with Crippen LogP contribution in [0.25, 0.3) is 0 Å². The Bertz CT molecular complexity index is 485. The average Bonchev–Trinajstić information content (AvgIpc) is 2.61. The van der Waals surface area contributed by atoms with Crippen LogP contribution in [0.2, 0.25) is 0 Å².